The van der Waals surface area contributed by atoms with E-state index in [1.165, 1.54) is 19.2 Å². The van der Waals surface area contributed by atoms with Crippen molar-refractivity contribution in [2.24, 2.45) is 5.73 Å². The number of nitrogens with one attached hydrogen (secondary N) is 1. The van der Waals surface area contributed by atoms with Crippen molar-refractivity contribution < 1.29 is 17.9 Å². The molecular formula is C11H16N2O4S. The van der Waals surface area contributed by atoms with Crippen molar-refractivity contribution >= 4 is 15.7 Å². The van der Waals surface area contributed by atoms with E-state index < -0.39 is 21.5 Å². The van der Waals surface area contributed by atoms with Crippen LogP contribution in [0.15, 0.2) is 29.2 Å². The maximum Gasteiger partial charge on any atom is 0.235 e. The van der Waals surface area contributed by atoms with Crippen molar-refractivity contribution in [3.8, 4) is 5.75 Å². The van der Waals surface area contributed by atoms with E-state index in [2.05, 4.69) is 5.32 Å². The second kappa shape index (κ2) is 6.36. The van der Waals surface area contributed by atoms with Crippen LogP contribution in [0, 0.1) is 0 Å². The van der Waals surface area contributed by atoms with Crippen molar-refractivity contribution in [3.05, 3.63) is 24.3 Å². The summed E-state index contributed by atoms with van der Waals surface area (Å²) in [6, 6.07) is 6.18. The van der Waals surface area contributed by atoms with Crippen molar-refractivity contribution in [2.75, 3.05) is 26.0 Å². The Morgan fingerprint density at radius 1 is 1.39 bits per heavy atom. The van der Waals surface area contributed by atoms with Crippen LogP contribution in [0.3, 0.4) is 0 Å². The van der Waals surface area contributed by atoms with E-state index in [1.807, 2.05) is 0 Å². The molecular weight excluding hydrogens is 256 g/mol. The number of hydrogen-bond donors (Lipinski definition) is 2. The Morgan fingerprint density at radius 2 is 2.06 bits per heavy atom. The number of amides is 1. The van der Waals surface area contributed by atoms with Gasteiger partial charge in [0.05, 0.1) is 7.11 Å². The fourth-order valence-corrected chi connectivity index (χ4v) is 2.74. The molecule has 0 saturated heterocycles. The summed E-state index contributed by atoms with van der Waals surface area (Å²) >= 11 is 0. The molecule has 7 heteroatoms. The first-order valence-corrected chi connectivity index (χ1v) is 6.99. The van der Waals surface area contributed by atoms with Gasteiger partial charge in [0.1, 0.15) is 16.4 Å². The second-order valence-corrected chi connectivity index (χ2v) is 5.51. The molecule has 0 aliphatic carbocycles. The Balaban J connectivity index is 2.89. The number of nitrogens with two attached hydrogens (primary N) is 1. The minimum atomic E-state index is -3.71. The number of ether oxygens (including phenoxy) is 1. The summed E-state index contributed by atoms with van der Waals surface area (Å²) in [4.78, 5) is 11.4. The molecule has 0 aliphatic heterocycles. The SMILES string of the molecule is COc1ccccc1S(=O)(=O)CC(=O)NCCN. The molecule has 6 nitrogen and oxygen atoms in total. The van der Waals surface area contributed by atoms with E-state index in [1.54, 1.807) is 12.1 Å². The predicted octanol–water partition coefficient (Wildman–Crippen LogP) is -0.456. The molecule has 0 aliphatic rings. The van der Waals surface area contributed by atoms with Gasteiger partial charge in [-0.15, -0.1) is 0 Å². The summed E-state index contributed by atoms with van der Waals surface area (Å²) in [6.45, 7) is 0.515. The standard InChI is InChI=1S/C11H16N2O4S/c1-17-9-4-2-3-5-10(9)18(15,16)8-11(14)13-7-6-12/h2-5H,6-8,12H2,1H3,(H,13,14). The van der Waals surface area contributed by atoms with Gasteiger partial charge >= 0.3 is 0 Å². The lowest BCUT2D eigenvalue weighted by Crippen LogP contribution is -2.33. The van der Waals surface area contributed by atoms with Crippen LogP contribution < -0.4 is 15.8 Å². The van der Waals surface area contributed by atoms with Crippen LogP contribution in [0.4, 0.5) is 0 Å². The first-order chi connectivity index (χ1) is 8.51. The summed E-state index contributed by atoms with van der Waals surface area (Å²) in [6.07, 6.45) is 0. The lowest BCUT2D eigenvalue weighted by Gasteiger charge is -2.09. The highest BCUT2D eigenvalue weighted by atomic mass is 32.2. The number of methoxy groups -OCH3 is 1. The molecule has 0 heterocycles. The molecule has 1 amide bonds. The van der Waals surface area contributed by atoms with Crippen LogP contribution >= 0.6 is 0 Å². The summed E-state index contributed by atoms with van der Waals surface area (Å²) < 4.78 is 29.0. The van der Waals surface area contributed by atoms with E-state index in [9.17, 15) is 13.2 Å². The molecule has 1 rings (SSSR count). The van der Waals surface area contributed by atoms with Gasteiger partial charge in [-0.3, -0.25) is 4.79 Å². The average Bonchev–Trinajstić information content (AvgIpc) is 2.35. The fraction of sp³-hybridized carbons (Fsp3) is 0.364. The van der Waals surface area contributed by atoms with Crippen molar-refractivity contribution in [3.63, 3.8) is 0 Å². The summed E-state index contributed by atoms with van der Waals surface area (Å²) in [5.74, 6) is -0.969. The Kier molecular flexibility index (Phi) is 5.11. The van der Waals surface area contributed by atoms with Crippen LogP contribution in [-0.2, 0) is 14.6 Å². The predicted molar refractivity (Wildman–Crippen MR) is 67.1 cm³/mol. The lowest BCUT2D eigenvalue weighted by atomic mass is 10.3. The molecule has 0 fully saturated rings. The molecule has 0 unspecified atom stereocenters. The van der Waals surface area contributed by atoms with E-state index >= 15 is 0 Å². The zero-order valence-corrected chi connectivity index (χ0v) is 10.9. The van der Waals surface area contributed by atoms with Gasteiger partial charge in [-0.05, 0) is 12.1 Å². The Hall–Kier alpha value is -1.60. The third-order valence-corrected chi connectivity index (χ3v) is 3.84. The topological polar surface area (TPSA) is 98.5 Å². The van der Waals surface area contributed by atoms with Gasteiger partial charge < -0.3 is 15.8 Å². The van der Waals surface area contributed by atoms with Crippen molar-refractivity contribution in [1.82, 2.24) is 5.32 Å². The van der Waals surface area contributed by atoms with Gasteiger partial charge in [0, 0.05) is 13.1 Å². The molecule has 100 valence electrons. The van der Waals surface area contributed by atoms with Gasteiger partial charge in [0.25, 0.3) is 0 Å². The number of carbonyl (C=O) groups is 1. The lowest BCUT2D eigenvalue weighted by molar-refractivity contribution is -0.118. The first kappa shape index (κ1) is 14.5. The minimum Gasteiger partial charge on any atom is -0.495 e. The zero-order chi connectivity index (χ0) is 13.6. The summed E-state index contributed by atoms with van der Waals surface area (Å²) in [5.41, 5.74) is 5.21. The van der Waals surface area contributed by atoms with Crippen LogP contribution in [0.2, 0.25) is 0 Å². The number of hydrogen-bond acceptors (Lipinski definition) is 5. The minimum absolute atomic E-state index is 0.00963. The van der Waals surface area contributed by atoms with Crippen LogP contribution in [0.5, 0.6) is 5.75 Å². The fourth-order valence-electron chi connectivity index (χ4n) is 1.39. The van der Waals surface area contributed by atoms with Crippen LogP contribution in [-0.4, -0.2) is 40.3 Å². The highest BCUT2D eigenvalue weighted by molar-refractivity contribution is 7.92. The Morgan fingerprint density at radius 3 is 2.67 bits per heavy atom. The Bertz CT molecular complexity index is 514. The average molecular weight is 272 g/mol. The molecule has 18 heavy (non-hydrogen) atoms. The highest BCUT2D eigenvalue weighted by Gasteiger charge is 2.22. The van der Waals surface area contributed by atoms with Gasteiger partial charge in [-0.25, -0.2) is 8.42 Å². The highest BCUT2D eigenvalue weighted by Crippen LogP contribution is 2.23. The van der Waals surface area contributed by atoms with Crippen LogP contribution in [0.25, 0.3) is 0 Å². The first-order valence-electron chi connectivity index (χ1n) is 5.34. The zero-order valence-electron chi connectivity index (χ0n) is 10.0. The smallest absolute Gasteiger partial charge is 0.235 e. The van der Waals surface area contributed by atoms with E-state index in [4.69, 9.17) is 10.5 Å². The molecule has 1 aromatic rings. The maximum absolute atomic E-state index is 12.0. The number of rotatable bonds is 6. The quantitative estimate of drug-likeness (QED) is 0.730. The van der Waals surface area contributed by atoms with E-state index in [0.29, 0.717) is 0 Å². The number of para-hydroxylation sites is 1. The monoisotopic (exact) mass is 272 g/mol. The second-order valence-electron chi connectivity index (χ2n) is 3.55. The number of sulfone groups is 1. The third kappa shape index (κ3) is 3.71. The molecule has 0 aromatic heterocycles. The summed E-state index contributed by atoms with van der Waals surface area (Å²) in [5, 5.41) is 2.41. The largest absolute Gasteiger partial charge is 0.495 e. The molecule has 0 radical (unpaired) electrons. The van der Waals surface area contributed by atoms with Gasteiger partial charge in [0.2, 0.25) is 5.91 Å². The summed E-state index contributed by atoms with van der Waals surface area (Å²) in [7, 11) is -2.33. The number of benzene rings is 1. The van der Waals surface area contributed by atoms with Gasteiger partial charge in [-0.2, -0.15) is 0 Å². The molecule has 1 aromatic carbocycles. The van der Waals surface area contributed by atoms with Crippen molar-refractivity contribution in [1.29, 1.82) is 0 Å². The maximum atomic E-state index is 12.0. The molecule has 0 saturated carbocycles. The van der Waals surface area contributed by atoms with E-state index in [-0.39, 0.29) is 23.7 Å². The van der Waals surface area contributed by atoms with Crippen molar-refractivity contribution in [2.45, 2.75) is 4.90 Å². The third-order valence-electron chi connectivity index (χ3n) is 2.19. The van der Waals surface area contributed by atoms with Gasteiger partial charge in [0.15, 0.2) is 9.84 Å². The molecule has 0 bridgehead atoms. The normalized spacial score (nSPS) is 11.0. The molecule has 0 spiro atoms. The number of carbonyl (C=O) groups excluding carboxylic acids is 1. The van der Waals surface area contributed by atoms with Gasteiger partial charge in [-0.1, -0.05) is 12.1 Å². The molecule has 3 N–H and O–H groups in total. The van der Waals surface area contributed by atoms with Crippen LogP contribution in [0.1, 0.15) is 0 Å². The van der Waals surface area contributed by atoms with E-state index in [0.717, 1.165) is 0 Å². The Labute approximate surface area is 106 Å². The molecule has 0 atom stereocenters.